The summed E-state index contributed by atoms with van der Waals surface area (Å²) in [5.41, 5.74) is 3.41. The number of rotatable bonds is 5. The highest BCUT2D eigenvalue weighted by molar-refractivity contribution is 5.77. The standard InChI is InChI=1S/C22H28N2O2/c1-17-6-4-5-7-20(17)22(26)14-15-24(16-22)21(25)13-10-18-8-11-19(12-9-18)23(2)3/h4-9,11-12,26H,10,13-16H2,1-3H3/t22-/m0/s1. The number of β-amino-alcohol motifs (C(OH)–C–C–N with tert-alkyl or cyclic N) is 1. The fourth-order valence-corrected chi connectivity index (χ4v) is 3.69. The Balaban J connectivity index is 1.59. The van der Waals surface area contributed by atoms with Gasteiger partial charge >= 0.3 is 0 Å². The topological polar surface area (TPSA) is 43.8 Å². The van der Waals surface area contributed by atoms with Crippen molar-refractivity contribution < 1.29 is 9.90 Å². The molecule has 1 aliphatic heterocycles. The maximum absolute atomic E-state index is 12.6. The number of hydrogen-bond acceptors (Lipinski definition) is 3. The SMILES string of the molecule is Cc1ccccc1[C@]1(O)CCN(C(=O)CCc2ccc(N(C)C)cc2)C1. The van der Waals surface area contributed by atoms with Crippen LogP contribution in [0.5, 0.6) is 0 Å². The highest BCUT2D eigenvalue weighted by Gasteiger charge is 2.40. The lowest BCUT2D eigenvalue weighted by molar-refractivity contribution is -0.131. The van der Waals surface area contributed by atoms with Gasteiger partial charge in [-0.25, -0.2) is 0 Å². The average Bonchev–Trinajstić information content (AvgIpc) is 3.03. The van der Waals surface area contributed by atoms with Crippen molar-refractivity contribution in [3.63, 3.8) is 0 Å². The van der Waals surface area contributed by atoms with Crippen LogP contribution in [0.25, 0.3) is 0 Å². The molecule has 0 spiro atoms. The van der Waals surface area contributed by atoms with Crippen LogP contribution in [0.2, 0.25) is 0 Å². The first kappa shape index (κ1) is 18.5. The second-order valence-corrected chi connectivity index (χ2v) is 7.47. The molecule has 1 saturated heterocycles. The number of anilines is 1. The summed E-state index contributed by atoms with van der Waals surface area (Å²) in [6.45, 7) is 3.01. The predicted octanol–water partition coefficient (Wildman–Crippen LogP) is 3.11. The second-order valence-electron chi connectivity index (χ2n) is 7.47. The van der Waals surface area contributed by atoms with E-state index in [0.29, 0.717) is 25.9 Å². The highest BCUT2D eigenvalue weighted by atomic mass is 16.3. The van der Waals surface area contributed by atoms with E-state index in [9.17, 15) is 9.90 Å². The fourth-order valence-electron chi connectivity index (χ4n) is 3.69. The largest absolute Gasteiger partial charge is 0.383 e. The van der Waals surface area contributed by atoms with Gasteiger partial charge in [0.2, 0.25) is 5.91 Å². The molecule has 0 aromatic heterocycles. The summed E-state index contributed by atoms with van der Waals surface area (Å²) in [6.07, 6.45) is 1.80. The summed E-state index contributed by atoms with van der Waals surface area (Å²) in [7, 11) is 4.03. The molecule has 1 fully saturated rings. The Kier molecular flexibility index (Phi) is 5.33. The van der Waals surface area contributed by atoms with Crippen LogP contribution in [-0.4, -0.2) is 43.1 Å². The van der Waals surface area contributed by atoms with Crippen molar-refractivity contribution >= 4 is 11.6 Å². The molecule has 2 aromatic rings. The van der Waals surface area contributed by atoms with E-state index in [1.807, 2.05) is 45.3 Å². The molecule has 3 rings (SSSR count). The van der Waals surface area contributed by atoms with Gasteiger partial charge in [0.15, 0.2) is 0 Å². The molecule has 0 bridgehead atoms. The maximum Gasteiger partial charge on any atom is 0.223 e. The van der Waals surface area contributed by atoms with E-state index >= 15 is 0 Å². The van der Waals surface area contributed by atoms with Gasteiger partial charge in [-0.1, -0.05) is 36.4 Å². The molecule has 1 aliphatic rings. The Morgan fingerprint density at radius 2 is 1.85 bits per heavy atom. The van der Waals surface area contributed by atoms with Gasteiger partial charge in [0.05, 0.1) is 6.54 Å². The lowest BCUT2D eigenvalue weighted by Crippen LogP contribution is -2.34. The molecule has 0 saturated carbocycles. The third kappa shape index (κ3) is 3.91. The maximum atomic E-state index is 12.6. The molecular weight excluding hydrogens is 324 g/mol. The highest BCUT2D eigenvalue weighted by Crippen LogP contribution is 2.34. The van der Waals surface area contributed by atoms with Crippen LogP contribution in [0.3, 0.4) is 0 Å². The van der Waals surface area contributed by atoms with Crippen molar-refractivity contribution in [2.75, 3.05) is 32.1 Å². The van der Waals surface area contributed by atoms with Crippen molar-refractivity contribution in [3.05, 3.63) is 65.2 Å². The van der Waals surface area contributed by atoms with Gasteiger partial charge in [-0.2, -0.15) is 0 Å². The first-order valence-corrected chi connectivity index (χ1v) is 9.21. The normalized spacial score (nSPS) is 19.6. The number of aliphatic hydroxyl groups is 1. The number of carbonyl (C=O) groups excluding carboxylic acids is 1. The molecule has 2 aromatic carbocycles. The number of benzene rings is 2. The van der Waals surface area contributed by atoms with Gasteiger partial charge in [0, 0.05) is 32.7 Å². The molecule has 138 valence electrons. The van der Waals surface area contributed by atoms with Crippen LogP contribution >= 0.6 is 0 Å². The number of hydrogen-bond donors (Lipinski definition) is 1. The minimum absolute atomic E-state index is 0.117. The third-order valence-corrected chi connectivity index (χ3v) is 5.33. The molecule has 4 heteroatoms. The quantitative estimate of drug-likeness (QED) is 0.899. The Morgan fingerprint density at radius 1 is 1.15 bits per heavy atom. The van der Waals surface area contributed by atoms with Crippen LogP contribution in [0, 0.1) is 6.92 Å². The average molecular weight is 352 g/mol. The lowest BCUT2D eigenvalue weighted by Gasteiger charge is -2.25. The molecule has 0 unspecified atom stereocenters. The Bertz CT molecular complexity index is 770. The van der Waals surface area contributed by atoms with E-state index in [4.69, 9.17) is 0 Å². The predicted molar refractivity (Wildman–Crippen MR) is 105 cm³/mol. The first-order valence-electron chi connectivity index (χ1n) is 9.21. The van der Waals surface area contributed by atoms with E-state index in [2.05, 4.69) is 29.2 Å². The molecule has 1 heterocycles. The van der Waals surface area contributed by atoms with Crippen molar-refractivity contribution in [1.29, 1.82) is 0 Å². The van der Waals surface area contributed by atoms with E-state index < -0.39 is 5.60 Å². The summed E-state index contributed by atoms with van der Waals surface area (Å²) < 4.78 is 0. The van der Waals surface area contributed by atoms with E-state index in [1.54, 1.807) is 4.90 Å². The molecule has 1 amide bonds. The molecule has 0 radical (unpaired) electrons. The Hall–Kier alpha value is -2.33. The molecule has 1 N–H and O–H groups in total. The van der Waals surface area contributed by atoms with Gasteiger partial charge in [0.1, 0.15) is 5.60 Å². The van der Waals surface area contributed by atoms with Crippen molar-refractivity contribution in [2.45, 2.75) is 31.8 Å². The summed E-state index contributed by atoms with van der Waals surface area (Å²) in [5, 5.41) is 11.0. The zero-order chi connectivity index (χ0) is 18.7. The zero-order valence-electron chi connectivity index (χ0n) is 15.9. The number of aryl methyl sites for hydroxylation is 2. The van der Waals surface area contributed by atoms with Crippen molar-refractivity contribution in [1.82, 2.24) is 4.90 Å². The summed E-state index contributed by atoms with van der Waals surface area (Å²) in [6, 6.07) is 16.2. The van der Waals surface area contributed by atoms with Gasteiger partial charge in [0.25, 0.3) is 0 Å². The van der Waals surface area contributed by atoms with E-state index in [0.717, 1.165) is 28.8 Å². The fraction of sp³-hybridized carbons (Fsp3) is 0.409. The summed E-state index contributed by atoms with van der Waals surface area (Å²) >= 11 is 0. The minimum Gasteiger partial charge on any atom is -0.383 e. The third-order valence-electron chi connectivity index (χ3n) is 5.33. The Labute approximate surface area is 156 Å². The molecular formula is C22H28N2O2. The Morgan fingerprint density at radius 3 is 2.50 bits per heavy atom. The number of amides is 1. The number of nitrogens with zero attached hydrogens (tertiary/aromatic N) is 2. The second kappa shape index (κ2) is 7.50. The van der Waals surface area contributed by atoms with Crippen LogP contribution in [-0.2, 0) is 16.8 Å². The zero-order valence-corrected chi connectivity index (χ0v) is 15.9. The summed E-state index contributed by atoms with van der Waals surface area (Å²) in [4.78, 5) is 16.5. The van der Waals surface area contributed by atoms with Crippen LogP contribution in [0.1, 0.15) is 29.5 Å². The molecule has 26 heavy (non-hydrogen) atoms. The van der Waals surface area contributed by atoms with Gasteiger partial charge in [-0.3, -0.25) is 4.79 Å². The van der Waals surface area contributed by atoms with Crippen LogP contribution < -0.4 is 4.90 Å². The lowest BCUT2D eigenvalue weighted by atomic mass is 9.89. The minimum atomic E-state index is -0.922. The summed E-state index contributed by atoms with van der Waals surface area (Å²) in [5.74, 6) is 0.117. The smallest absolute Gasteiger partial charge is 0.223 e. The van der Waals surface area contributed by atoms with Crippen LogP contribution in [0.4, 0.5) is 5.69 Å². The molecule has 4 nitrogen and oxygen atoms in total. The first-order chi connectivity index (χ1) is 12.4. The molecule has 1 atom stereocenters. The van der Waals surface area contributed by atoms with E-state index in [1.165, 1.54) is 0 Å². The van der Waals surface area contributed by atoms with Gasteiger partial charge in [-0.05, 0) is 48.6 Å². The number of carbonyl (C=O) groups is 1. The monoisotopic (exact) mass is 352 g/mol. The van der Waals surface area contributed by atoms with E-state index in [-0.39, 0.29) is 5.91 Å². The van der Waals surface area contributed by atoms with Gasteiger partial charge < -0.3 is 14.9 Å². The van der Waals surface area contributed by atoms with Crippen molar-refractivity contribution in [2.24, 2.45) is 0 Å². The number of likely N-dealkylation sites (tertiary alicyclic amines) is 1. The molecule has 0 aliphatic carbocycles. The van der Waals surface area contributed by atoms with Crippen molar-refractivity contribution in [3.8, 4) is 0 Å². The van der Waals surface area contributed by atoms with Crippen LogP contribution in [0.15, 0.2) is 48.5 Å². The van der Waals surface area contributed by atoms with Gasteiger partial charge in [-0.15, -0.1) is 0 Å².